The van der Waals surface area contributed by atoms with Crippen molar-refractivity contribution in [1.82, 2.24) is 4.90 Å². The third-order valence-electron chi connectivity index (χ3n) is 6.34. The predicted molar refractivity (Wildman–Crippen MR) is 120 cm³/mol. The number of rotatable bonds is 6. The highest BCUT2D eigenvalue weighted by molar-refractivity contribution is 9.10. The molecule has 1 aromatic carbocycles. The summed E-state index contributed by atoms with van der Waals surface area (Å²) in [5.74, 6) is -0.105. The molecule has 1 aromatic rings. The van der Waals surface area contributed by atoms with Gasteiger partial charge >= 0.3 is 11.9 Å². The van der Waals surface area contributed by atoms with Crippen LogP contribution in [0, 0.1) is 5.41 Å². The van der Waals surface area contributed by atoms with Gasteiger partial charge in [-0.2, -0.15) is 0 Å². The molecule has 3 atom stereocenters. The Morgan fingerprint density at radius 1 is 1.23 bits per heavy atom. The first-order valence-electron chi connectivity index (χ1n) is 10.3. The molecule has 0 spiro atoms. The smallest absolute Gasteiger partial charge is 0.308 e. The van der Waals surface area contributed by atoms with Crippen molar-refractivity contribution in [3.8, 4) is 11.5 Å². The molecule has 2 aliphatic rings. The summed E-state index contributed by atoms with van der Waals surface area (Å²) in [6.07, 6.45) is 5.92. The molecule has 3 rings (SSSR count). The van der Waals surface area contributed by atoms with Crippen molar-refractivity contribution in [3.05, 3.63) is 29.8 Å². The first kappa shape index (κ1) is 23.8. The van der Waals surface area contributed by atoms with Crippen molar-refractivity contribution >= 4 is 33.9 Å². The summed E-state index contributed by atoms with van der Waals surface area (Å²) in [5.41, 5.74) is -1.36. The van der Waals surface area contributed by atoms with E-state index in [1.54, 1.807) is 30.4 Å². The van der Waals surface area contributed by atoms with E-state index >= 15 is 0 Å². The number of hydrogen-bond donors (Lipinski definition) is 1. The zero-order valence-corrected chi connectivity index (χ0v) is 20.0. The molecule has 1 saturated heterocycles. The standard InChI is InChI=1S/C23H30BrNO6/c1-16(26)30-15-21-10-6-11-22(24,14-25(3)13-21)23(21,28)12-9-18-7-5-8-19(29-4)20(18)31-17(2)27/h5,7-9,12,28H,6,10-11,13-15H2,1-4H3/b12-9-/t21-,22-,23+/m1/s1. The van der Waals surface area contributed by atoms with Gasteiger partial charge in [-0.1, -0.05) is 46.6 Å². The number of benzene rings is 1. The number of halogens is 1. The number of methoxy groups -OCH3 is 1. The lowest BCUT2D eigenvalue weighted by molar-refractivity contribution is -0.180. The SMILES string of the molecule is COc1cccc(/C=C\[C@@]2(O)[C@@]3(Br)CCC[C@]2(COC(C)=O)CN(C)C3)c1OC(C)=O. The second kappa shape index (κ2) is 8.92. The highest BCUT2D eigenvalue weighted by Crippen LogP contribution is 2.58. The van der Waals surface area contributed by atoms with Gasteiger partial charge in [0.05, 0.1) is 16.8 Å². The number of para-hydroxylation sites is 1. The molecular formula is C23H30BrNO6. The van der Waals surface area contributed by atoms with Crippen LogP contribution >= 0.6 is 15.9 Å². The number of likely N-dealkylation sites (tertiary alicyclic amines) is 1. The van der Waals surface area contributed by atoms with Crippen molar-refractivity contribution in [2.75, 3.05) is 33.9 Å². The van der Waals surface area contributed by atoms with Gasteiger partial charge < -0.3 is 24.2 Å². The van der Waals surface area contributed by atoms with E-state index in [0.29, 0.717) is 36.6 Å². The largest absolute Gasteiger partial charge is 0.493 e. The van der Waals surface area contributed by atoms with E-state index in [0.717, 1.165) is 12.8 Å². The van der Waals surface area contributed by atoms with Crippen LogP contribution in [-0.2, 0) is 14.3 Å². The molecule has 1 saturated carbocycles. The molecular weight excluding hydrogens is 466 g/mol. The minimum Gasteiger partial charge on any atom is -0.493 e. The normalized spacial score (nSPS) is 30.8. The summed E-state index contributed by atoms with van der Waals surface area (Å²) < 4.78 is 15.6. The number of nitrogens with zero attached hydrogens (tertiary/aromatic N) is 1. The second-order valence-corrected chi connectivity index (χ2v) is 10.1. The number of esters is 2. The van der Waals surface area contributed by atoms with Crippen LogP contribution in [0.5, 0.6) is 11.5 Å². The van der Waals surface area contributed by atoms with Crippen molar-refractivity contribution < 1.29 is 28.9 Å². The lowest BCUT2D eigenvalue weighted by Crippen LogP contribution is -2.73. The average Bonchev–Trinajstić information content (AvgIpc) is 2.67. The second-order valence-electron chi connectivity index (χ2n) is 8.62. The minimum atomic E-state index is -1.29. The zero-order valence-electron chi connectivity index (χ0n) is 18.4. The van der Waals surface area contributed by atoms with E-state index in [9.17, 15) is 14.7 Å². The molecule has 0 aromatic heterocycles. The quantitative estimate of drug-likeness (QED) is 0.368. The molecule has 1 aliphatic carbocycles. The molecule has 7 nitrogen and oxygen atoms in total. The first-order chi connectivity index (χ1) is 14.6. The van der Waals surface area contributed by atoms with Crippen LogP contribution < -0.4 is 9.47 Å². The highest BCUT2D eigenvalue weighted by atomic mass is 79.9. The minimum absolute atomic E-state index is 0.121. The van der Waals surface area contributed by atoms with Crippen molar-refractivity contribution in [2.24, 2.45) is 5.41 Å². The zero-order chi connectivity index (χ0) is 22.9. The number of alkyl halides is 1. The number of hydrogen-bond acceptors (Lipinski definition) is 7. The number of ether oxygens (including phenoxy) is 3. The van der Waals surface area contributed by atoms with Gasteiger partial charge in [0.15, 0.2) is 11.5 Å². The summed E-state index contributed by atoms with van der Waals surface area (Å²) in [5, 5.41) is 12.2. The van der Waals surface area contributed by atoms with Crippen LogP contribution in [0.2, 0.25) is 0 Å². The van der Waals surface area contributed by atoms with Crippen LogP contribution in [0.15, 0.2) is 24.3 Å². The molecule has 170 valence electrons. The van der Waals surface area contributed by atoms with Crippen molar-refractivity contribution in [1.29, 1.82) is 0 Å². The molecule has 1 aliphatic heterocycles. The summed E-state index contributed by atoms with van der Waals surface area (Å²) in [4.78, 5) is 25.4. The number of piperidine rings is 1. The van der Waals surface area contributed by atoms with Gasteiger partial charge in [-0.15, -0.1) is 0 Å². The van der Waals surface area contributed by atoms with Crippen LogP contribution in [0.4, 0.5) is 0 Å². The van der Waals surface area contributed by atoms with E-state index < -0.39 is 21.3 Å². The van der Waals surface area contributed by atoms with E-state index in [-0.39, 0.29) is 12.6 Å². The summed E-state index contributed by atoms with van der Waals surface area (Å²) in [6.45, 7) is 4.06. The Kier molecular flexibility index (Phi) is 6.84. The molecule has 2 bridgehead atoms. The molecule has 2 fully saturated rings. The predicted octanol–water partition coefficient (Wildman–Crippen LogP) is 3.18. The molecule has 0 amide bonds. The maximum atomic E-state index is 12.2. The lowest BCUT2D eigenvalue weighted by Gasteiger charge is -2.62. The van der Waals surface area contributed by atoms with Crippen LogP contribution in [0.25, 0.3) is 6.08 Å². The number of aliphatic hydroxyl groups is 1. The maximum absolute atomic E-state index is 12.2. The lowest BCUT2D eigenvalue weighted by atomic mass is 9.55. The molecule has 0 radical (unpaired) electrons. The molecule has 8 heteroatoms. The van der Waals surface area contributed by atoms with Crippen molar-refractivity contribution in [3.63, 3.8) is 0 Å². The highest BCUT2D eigenvalue weighted by Gasteiger charge is 2.65. The Morgan fingerprint density at radius 3 is 2.61 bits per heavy atom. The molecule has 31 heavy (non-hydrogen) atoms. The molecule has 1 N–H and O–H groups in total. The summed E-state index contributed by atoms with van der Waals surface area (Å²) in [7, 11) is 3.51. The average molecular weight is 496 g/mol. The van der Waals surface area contributed by atoms with E-state index in [1.807, 2.05) is 7.05 Å². The van der Waals surface area contributed by atoms with Crippen LogP contribution in [0.3, 0.4) is 0 Å². The van der Waals surface area contributed by atoms with Gasteiger partial charge in [0.1, 0.15) is 12.2 Å². The Morgan fingerprint density at radius 2 is 1.97 bits per heavy atom. The summed E-state index contributed by atoms with van der Waals surface area (Å²) >= 11 is 3.86. The Hall–Kier alpha value is -1.90. The number of carbonyl (C=O) groups excluding carboxylic acids is 2. The fourth-order valence-electron chi connectivity index (χ4n) is 5.04. The maximum Gasteiger partial charge on any atom is 0.308 e. The topological polar surface area (TPSA) is 85.3 Å². The number of carbonyl (C=O) groups is 2. The van der Waals surface area contributed by atoms with Crippen LogP contribution in [0.1, 0.15) is 38.7 Å². The number of fused-ring (bicyclic) bond motifs is 2. The Labute approximate surface area is 191 Å². The van der Waals surface area contributed by atoms with Gasteiger partial charge in [0.2, 0.25) is 0 Å². The monoisotopic (exact) mass is 495 g/mol. The van der Waals surface area contributed by atoms with E-state index in [4.69, 9.17) is 14.2 Å². The van der Waals surface area contributed by atoms with Crippen molar-refractivity contribution in [2.45, 2.75) is 43.0 Å². The van der Waals surface area contributed by atoms with E-state index in [2.05, 4.69) is 20.8 Å². The van der Waals surface area contributed by atoms with Gasteiger partial charge in [-0.05, 0) is 26.0 Å². The Balaban J connectivity index is 2.07. The fourth-order valence-corrected chi connectivity index (χ4v) is 6.31. The molecule has 1 heterocycles. The third-order valence-corrected chi connectivity index (χ3v) is 7.60. The van der Waals surface area contributed by atoms with Gasteiger partial charge in [0.25, 0.3) is 0 Å². The van der Waals surface area contributed by atoms with E-state index in [1.165, 1.54) is 21.0 Å². The van der Waals surface area contributed by atoms with Gasteiger partial charge in [-0.3, -0.25) is 9.59 Å². The van der Waals surface area contributed by atoms with Gasteiger partial charge in [-0.25, -0.2) is 0 Å². The summed E-state index contributed by atoms with van der Waals surface area (Å²) in [6, 6.07) is 5.30. The van der Waals surface area contributed by atoms with Crippen LogP contribution in [-0.4, -0.2) is 65.7 Å². The molecule has 0 unspecified atom stereocenters. The Bertz CT molecular complexity index is 889. The fraction of sp³-hybridized carbons (Fsp3) is 0.565. The first-order valence-corrected chi connectivity index (χ1v) is 11.1. The third kappa shape index (κ3) is 4.38. The van der Waals surface area contributed by atoms with Gasteiger partial charge in [0, 0.05) is 32.5 Å².